The van der Waals surface area contributed by atoms with Gasteiger partial charge in [0.15, 0.2) is 0 Å². The second kappa shape index (κ2) is 7.70. The third-order valence-electron chi connectivity index (χ3n) is 4.38. The Morgan fingerprint density at radius 3 is 2.78 bits per heavy atom. The lowest BCUT2D eigenvalue weighted by Gasteiger charge is -2.11. The van der Waals surface area contributed by atoms with Crippen molar-refractivity contribution in [2.24, 2.45) is 0 Å². The van der Waals surface area contributed by atoms with Gasteiger partial charge in [-0.25, -0.2) is 4.98 Å². The van der Waals surface area contributed by atoms with Crippen LogP contribution in [0.5, 0.6) is 0 Å². The minimum atomic E-state index is -0.833. The molecule has 0 radical (unpaired) electrons. The maximum absolute atomic E-state index is 12.2. The highest BCUT2D eigenvalue weighted by Crippen LogP contribution is 2.14. The summed E-state index contributed by atoms with van der Waals surface area (Å²) in [7, 11) is 0. The Bertz CT molecular complexity index is 926. The lowest BCUT2D eigenvalue weighted by Crippen LogP contribution is -2.39. The van der Waals surface area contributed by atoms with Crippen LogP contribution in [0.4, 0.5) is 5.82 Å². The predicted octanol–water partition coefficient (Wildman–Crippen LogP) is 0.115. The van der Waals surface area contributed by atoms with Crippen LogP contribution in [0.1, 0.15) is 29.8 Å². The van der Waals surface area contributed by atoms with Crippen molar-refractivity contribution in [1.82, 2.24) is 25.1 Å². The highest BCUT2D eigenvalue weighted by atomic mass is 16.5. The van der Waals surface area contributed by atoms with E-state index in [1.807, 2.05) is 0 Å². The van der Waals surface area contributed by atoms with Gasteiger partial charge in [0.25, 0.3) is 5.56 Å². The molecule has 0 bridgehead atoms. The maximum Gasteiger partial charge on any atom is 0.314 e. The third kappa shape index (κ3) is 4.22. The van der Waals surface area contributed by atoms with Crippen LogP contribution in [0.3, 0.4) is 0 Å². The average Bonchev–Trinajstić information content (AvgIpc) is 3.26. The number of hydrogen-bond donors (Lipinski definition) is 3. The van der Waals surface area contributed by atoms with Gasteiger partial charge >= 0.3 is 11.8 Å². The summed E-state index contributed by atoms with van der Waals surface area (Å²) in [5.74, 6) is -1.21. The summed E-state index contributed by atoms with van der Waals surface area (Å²) in [6, 6.07) is 1.58. The standard InChI is InChI=1S/C17H22N6O4/c1-9-7-13(20-16(26)15(25)18-8-12-5-4-6-27-12)23(22-9)17-19-11(3)10(2)14(24)21-17/h7,12H,4-6,8H2,1-3H3,(H,18,25)(H,20,26)(H,19,21,24)/t12-/m1/s1. The molecule has 144 valence electrons. The van der Waals surface area contributed by atoms with E-state index in [1.54, 1.807) is 26.8 Å². The molecule has 1 fully saturated rings. The molecule has 27 heavy (non-hydrogen) atoms. The normalized spacial score (nSPS) is 16.3. The zero-order valence-electron chi connectivity index (χ0n) is 15.5. The fourth-order valence-corrected chi connectivity index (χ4v) is 2.75. The summed E-state index contributed by atoms with van der Waals surface area (Å²) < 4.78 is 6.70. The van der Waals surface area contributed by atoms with Crippen molar-refractivity contribution in [3.05, 3.63) is 33.4 Å². The van der Waals surface area contributed by atoms with Gasteiger partial charge in [-0.2, -0.15) is 9.78 Å². The van der Waals surface area contributed by atoms with E-state index >= 15 is 0 Å². The summed E-state index contributed by atoms with van der Waals surface area (Å²) >= 11 is 0. The summed E-state index contributed by atoms with van der Waals surface area (Å²) in [5, 5.41) is 9.29. The molecule has 2 aromatic rings. The molecule has 0 saturated carbocycles. The van der Waals surface area contributed by atoms with Crippen molar-refractivity contribution in [2.75, 3.05) is 18.5 Å². The van der Waals surface area contributed by atoms with Gasteiger partial charge in [0.2, 0.25) is 5.95 Å². The van der Waals surface area contributed by atoms with Crippen LogP contribution in [-0.4, -0.2) is 50.8 Å². The number of carbonyl (C=O) groups excluding carboxylic acids is 2. The zero-order valence-corrected chi connectivity index (χ0v) is 15.5. The van der Waals surface area contributed by atoms with Crippen molar-refractivity contribution in [2.45, 2.75) is 39.7 Å². The maximum atomic E-state index is 12.2. The molecule has 0 aliphatic carbocycles. The first-order valence-corrected chi connectivity index (χ1v) is 8.70. The number of amides is 2. The van der Waals surface area contributed by atoms with Crippen LogP contribution in [0.25, 0.3) is 5.95 Å². The molecule has 3 N–H and O–H groups in total. The molecular formula is C17H22N6O4. The molecule has 2 aromatic heterocycles. The van der Waals surface area contributed by atoms with Crippen LogP contribution in [0.2, 0.25) is 0 Å². The molecule has 0 aromatic carbocycles. The van der Waals surface area contributed by atoms with Crippen molar-refractivity contribution in [3.63, 3.8) is 0 Å². The number of hydrogen-bond acceptors (Lipinski definition) is 6. The molecule has 3 rings (SSSR count). The number of anilines is 1. The van der Waals surface area contributed by atoms with E-state index in [9.17, 15) is 14.4 Å². The SMILES string of the molecule is Cc1cc(NC(=O)C(=O)NC[C@H]2CCCO2)n(-c2nc(C)c(C)c(=O)[nH]2)n1. The predicted molar refractivity (Wildman–Crippen MR) is 96.8 cm³/mol. The van der Waals surface area contributed by atoms with Crippen LogP contribution < -0.4 is 16.2 Å². The first-order valence-electron chi connectivity index (χ1n) is 8.70. The van der Waals surface area contributed by atoms with Gasteiger partial charge in [-0.3, -0.25) is 19.4 Å². The van der Waals surface area contributed by atoms with Gasteiger partial charge in [0, 0.05) is 30.5 Å². The quantitative estimate of drug-likeness (QED) is 0.651. The summed E-state index contributed by atoms with van der Waals surface area (Å²) in [5.41, 5.74) is 1.35. The molecule has 1 aliphatic heterocycles. The van der Waals surface area contributed by atoms with Crippen LogP contribution >= 0.6 is 0 Å². The van der Waals surface area contributed by atoms with Gasteiger partial charge in [-0.1, -0.05) is 0 Å². The van der Waals surface area contributed by atoms with Crippen molar-refractivity contribution in [3.8, 4) is 5.95 Å². The highest BCUT2D eigenvalue weighted by Gasteiger charge is 2.21. The van der Waals surface area contributed by atoms with Gasteiger partial charge in [0.05, 0.1) is 11.8 Å². The minimum Gasteiger partial charge on any atom is -0.376 e. The van der Waals surface area contributed by atoms with E-state index in [2.05, 4.69) is 25.7 Å². The lowest BCUT2D eigenvalue weighted by molar-refractivity contribution is -0.136. The van der Waals surface area contributed by atoms with Crippen LogP contribution in [-0.2, 0) is 14.3 Å². The summed E-state index contributed by atoms with van der Waals surface area (Å²) in [6.45, 7) is 6.06. The third-order valence-corrected chi connectivity index (χ3v) is 4.38. The van der Waals surface area contributed by atoms with Gasteiger partial charge in [-0.05, 0) is 33.6 Å². The first-order chi connectivity index (χ1) is 12.8. The van der Waals surface area contributed by atoms with E-state index in [-0.39, 0.29) is 30.0 Å². The van der Waals surface area contributed by atoms with Gasteiger partial charge < -0.3 is 15.4 Å². The second-order valence-corrected chi connectivity index (χ2v) is 6.48. The Labute approximate surface area is 155 Å². The Kier molecular flexibility index (Phi) is 5.36. The highest BCUT2D eigenvalue weighted by molar-refractivity contribution is 6.39. The van der Waals surface area contributed by atoms with E-state index < -0.39 is 11.8 Å². The van der Waals surface area contributed by atoms with E-state index in [0.717, 1.165) is 12.8 Å². The minimum absolute atomic E-state index is 0.0562. The van der Waals surface area contributed by atoms with E-state index in [1.165, 1.54) is 4.68 Å². The molecule has 0 spiro atoms. The number of nitrogens with zero attached hydrogens (tertiary/aromatic N) is 3. The van der Waals surface area contributed by atoms with Gasteiger partial charge in [0.1, 0.15) is 5.82 Å². The number of ether oxygens (including phenoxy) is 1. The number of carbonyl (C=O) groups is 2. The Hall–Kier alpha value is -3.01. The Morgan fingerprint density at radius 2 is 2.11 bits per heavy atom. The lowest BCUT2D eigenvalue weighted by atomic mass is 10.2. The summed E-state index contributed by atoms with van der Waals surface area (Å²) in [6.07, 6.45) is 1.76. The number of H-pyrrole nitrogens is 1. The summed E-state index contributed by atoms with van der Waals surface area (Å²) in [4.78, 5) is 43.1. The van der Waals surface area contributed by atoms with Crippen molar-refractivity contribution in [1.29, 1.82) is 0 Å². The van der Waals surface area contributed by atoms with E-state index in [0.29, 0.717) is 23.6 Å². The Balaban J connectivity index is 1.74. The molecule has 1 aliphatic rings. The Morgan fingerprint density at radius 1 is 1.33 bits per heavy atom. The van der Waals surface area contributed by atoms with E-state index in [4.69, 9.17) is 4.74 Å². The molecule has 1 atom stereocenters. The van der Waals surface area contributed by atoms with Crippen molar-refractivity contribution < 1.29 is 14.3 Å². The second-order valence-electron chi connectivity index (χ2n) is 6.48. The number of aromatic nitrogens is 4. The van der Waals surface area contributed by atoms with Crippen LogP contribution in [0.15, 0.2) is 10.9 Å². The van der Waals surface area contributed by atoms with Crippen LogP contribution in [0, 0.1) is 20.8 Å². The monoisotopic (exact) mass is 374 g/mol. The number of nitrogens with one attached hydrogen (secondary N) is 3. The molecular weight excluding hydrogens is 352 g/mol. The van der Waals surface area contributed by atoms with Gasteiger partial charge in [-0.15, -0.1) is 0 Å². The fraction of sp³-hybridized carbons (Fsp3) is 0.471. The fourth-order valence-electron chi connectivity index (χ4n) is 2.75. The molecule has 2 amide bonds. The van der Waals surface area contributed by atoms with Crippen molar-refractivity contribution >= 4 is 17.6 Å². The average molecular weight is 374 g/mol. The zero-order chi connectivity index (χ0) is 19.6. The molecule has 10 nitrogen and oxygen atoms in total. The number of aryl methyl sites for hydroxylation is 2. The number of aromatic amines is 1. The molecule has 3 heterocycles. The smallest absolute Gasteiger partial charge is 0.314 e. The molecule has 10 heteroatoms. The topological polar surface area (TPSA) is 131 Å². The number of rotatable bonds is 4. The molecule has 1 saturated heterocycles. The largest absolute Gasteiger partial charge is 0.376 e. The first kappa shape index (κ1) is 18.8. The molecule has 0 unspecified atom stereocenters.